The largest absolute Gasteiger partial charge is 0.485 e. The van der Waals surface area contributed by atoms with E-state index in [-0.39, 0.29) is 35.5 Å². The molecule has 0 spiro atoms. The van der Waals surface area contributed by atoms with Crippen LogP contribution in [0, 0.1) is 5.82 Å². The van der Waals surface area contributed by atoms with E-state index in [0.29, 0.717) is 11.3 Å². The fourth-order valence-electron chi connectivity index (χ4n) is 3.52. The number of nitrogens with zero attached hydrogens (tertiary/aromatic N) is 1. The highest BCUT2D eigenvalue weighted by Gasteiger charge is 2.32. The number of hydrogen-bond donors (Lipinski definition) is 1. The molecule has 7 nitrogen and oxygen atoms in total. The molecule has 1 fully saturated rings. The maximum Gasteiger partial charge on any atom is 0.267 e. The van der Waals surface area contributed by atoms with Gasteiger partial charge in [-0.25, -0.2) is 17.5 Å². The van der Waals surface area contributed by atoms with E-state index in [1.165, 1.54) is 42.5 Å². The third kappa shape index (κ3) is 4.57. The molecule has 2 aromatic carbocycles. The summed E-state index contributed by atoms with van der Waals surface area (Å²) in [5.74, 6) is 0.139. The summed E-state index contributed by atoms with van der Waals surface area (Å²) >= 11 is 0. The highest BCUT2D eigenvalue weighted by molar-refractivity contribution is 7.89. The summed E-state index contributed by atoms with van der Waals surface area (Å²) in [6, 6.07) is 9.86. The summed E-state index contributed by atoms with van der Waals surface area (Å²) in [7, 11) is -3.80. The quantitative estimate of drug-likeness (QED) is 0.782. The second-order valence-corrected chi connectivity index (χ2v) is 9.13. The average molecular weight is 434 g/mol. The SMILES string of the molecule is O=C([C@@H]1COc2cc(S(=O)(=O)NCc3ccc(F)cc3)ccc2O1)N1CCCCC1. The van der Waals surface area contributed by atoms with Crippen LogP contribution < -0.4 is 14.2 Å². The van der Waals surface area contributed by atoms with Crippen molar-refractivity contribution in [3.63, 3.8) is 0 Å². The minimum Gasteiger partial charge on any atom is -0.485 e. The van der Waals surface area contributed by atoms with Crippen molar-refractivity contribution in [2.45, 2.75) is 36.8 Å². The minimum absolute atomic E-state index is 0.0211. The van der Waals surface area contributed by atoms with E-state index >= 15 is 0 Å². The molecule has 0 radical (unpaired) electrons. The lowest BCUT2D eigenvalue weighted by Gasteiger charge is -2.32. The number of sulfonamides is 1. The molecule has 2 heterocycles. The zero-order valence-electron chi connectivity index (χ0n) is 16.3. The molecule has 0 aromatic heterocycles. The molecule has 1 N–H and O–H groups in total. The van der Waals surface area contributed by atoms with Gasteiger partial charge < -0.3 is 14.4 Å². The molecule has 1 amide bonds. The average Bonchev–Trinajstić information content (AvgIpc) is 2.78. The van der Waals surface area contributed by atoms with Crippen molar-refractivity contribution in [1.82, 2.24) is 9.62 Å². The number of rotatable bonds is 5. The maximum atomic E-state index is 13.0. The van der Waals surface area contributed by atoms with Crippen LogP contribution in [0.5, 0.6) is 11.5 Å². The fraction of sp³-hybridized carbons (Fsp3) is 0.381. The second-order valence-electron chi connectivity index (χ2n) is 7.36. The van der Waals surface area contributed by atoms with Gasteiger partial charge in [-0.15, -0.1) is 0 Å². The van der Waals surface area contributed by atoms with Gasteiger partial charge >= 0.3 is 0 Å². The Hall–Kier alpha value is -2.65. The van der Waals surface area contributed by atoms with Gasteiger partial charge in [-0.1, -0.05) is 12.1 Å². The number of ether oxygens (including phenoxy) is 2. The van der Waals surface area contributed by atoms with Crippen LogP contribution in [0.1, 0.15) is 24.8 Å². The number of halogens is 1. The lowest BCUT2D eigenvalue weighted by molar-refractivity contribution is -0.142. The van der Waals surface area contributed by atoms with Crippen molar-refractivity contribution in [3.8, 4) is 11.5 Å². The summed E-state index contributed by atoms with van der Waals surface area (Å²) in [6.45, 7) is 1.52. The van der Waals surface area contributed by atoms with Gasteiger partial charge in [0, 0.05) is 25.7 Å². The van der Waals surface area contributed by atoms with Gasteiger partial charge in [0.1, 0.15) is 12.4 Å². The summed E-state index contributed by atoms with van der Waals surface area (Å²) in [5.41, 5.74) is 0.636. The molecule has 4 rings (SSSR count). The van der Waals surface area contributed by atoms with E-state index in [2.05, 4.69) is 4.72 Å². The van der Waals surface area contributed by atoms with Crippen molar-refractivity contribution in [1.29, 1.82) is 0 Å². The van der Waals surface area contributed by atoms with Gasteiger partial charge in [0.25, 0.3) is 5.91 Å². The van der Waals surface area contributed by atoms with Crippen molar-refractivity contribution < 1.29 is 27.1 Å². The Morgan fingerprint density at radius 3 is 2.53 bits per heavy atom. The van der Waals surface area contributed by atoms with Crippen molar-refractivity contribution in [2.75, 3.05) is 19.7 Å². The molecular formula is C21H23FN2O5S. The molecule has 160 valence electrons. The fourth-order valence-corrected chi connectivity index (χ4v) is 4.55. The van der Waals surface area contributed by atoms with Crippen LogP contribution in [0.25, 0.3) is 0 Å². The third-order valence-corrected chi connectivity index (χ3v) is 6.61. The molecular weight excluding hydrogens is 411 g/mol. The molecule has 0 bridgehead atoms. The van der Waals surface area contributed by atoms with E-state index in [1.807, 2.05) is 0 Å². The standard InChI is InChI=1S/C21H23FN2O5S/c22-16-6-4-15(5-7-16)13-23-30(26,27)17-8-9-18-19(12-17)28-14-20(29-18)21(25)24-10-2-1-3-11-24/h4-9,12,20,23H,1-3,10-11,13-14H2/t20-/m0/s1. The van der Waals surface area contributed by atoms with Crippen LogP contribution in [0.2, 0.25) is 0 Å². The zero-order valence-corrected chi connectivity index (χ0v) is 17.2. The summed E-state index contributed by atoms with van der Waals surface area (Å²) in [4.78, 5) is 14.4. The number of piperidine rings is 1. The summed E-state index contributed by atoms with van der Waals surface area (Å²) in [6.07, 6.45) is 2.38. The van der Waals surface area contributed by atoms with Gasteiger partial charge in [-0.3, -0.25) is 4.79 Å². The first-order valence-electron chi connectivity index (χ1n) is 9.89. The molecule has 2 aliphatic heterocycles. The first kappa shape index (κ1) is 20.6. The van der Waals surface area contributed by atoms with E-state index < -0.39 is 16.1 Å². The maximum absolute atomic E-state index is 13.0. The Morgan fingerprint density at radius 1 is 1.07 bits per heavy atom. The van der Waals surface area contributed by atoms with Gasteiger partial charge in [-0.2, -0.15) is 0 Å². The first-order chi connectivity index (χ1) is 14.4. The van der Waals surface area contributed by atoms with E-state index in [9.17, 15) is 17.6 Å². The van der Waals surface area contributed by atoms with Crippen LogP contribution in [0.15, 0.2) is 47.4 Å². The van der Waals surface area contributed by atoms with Crippen LogP contribution in [0.3, 0.4) is 0 Å². The van der Waals surface area contributed by atoms with Gasteiger partial charge in [0.15, 0.2) is 11.5 Å². The number of nitrogens with one attached hydrogen (secondary N) is 1. The first-order valence-corrected chi connectivity index (χ1v) is 11.4. The van der Waals surface area contributed by atoms with Crippen LogP contribution >= 0.6 is 0 Å². The van der Waals surface area contributed by atoms with Crippen LogP contribution in [-0.2, 0) is 21.4 Å². The number of carbonyl (C=O) groups is 1. The van der Waals surface area contributed by atoms with Crippen LogP contribution in [-0.4, -0.2) is 45.0 Å². The number of fused-ring (bicyclic) bond motifs is 1. The summed E-state index contributed by atoms with van der Waals surface area (Å²) in [5, 5.41) is 0. The molecule has 2 aliphatic rings. The van der Waals surface area contributed by atoms with Gasteiger partial charge in [0.2, 0.25) is 16.1 Å². The molecule has 0 unspecified atom stereocenters. The molecule has 0 saturated carbocycles. The number of amides is 1. The monoisotopic (exact) mass is 434 g/mol. The van der Waals surface area contributed by atoms with E-state index in [1.54, 1.807) is 4.90 Å². The number of likely N-dealkylation sites (tertiary alicyclic amines) is 1. The highest BCUT2D eigenvalue weighted by atomic mass is 32.2. The molecule has 9 heteroatoms. The Kier molecular flexibility index (Phi) is 5.92. The Labute approximate surface area is 174 Å². The Bertz CT molecular complexity index is 1020. The number of hydrogen-bond acceptors (Lipinski definition) is 5. The van der Waals surface area contributed by atoms with Crippen molar-refractivity contribution in [2.24, 2.45) is 0 Å². The molecule has 1 atom stereocenters. The Balaban J connectivity index is 1.42. The topological polar surface area (TPSA) is 84.9 Å². The third-order valence-electron chi connectivity index (χ3n) is 5.21. The van der Waals surface area contributed by atoms with Crippen molar-refractivity contribution >= 4 is 15.9 Å². The van der Waals surface area contributed by atoms with E-state index in [0.717, 1.165) is 32.4 Å². The summed E-state index contributed by atoms with van der Waals surface area (Å²) < 4.78 is 52.1. The zero-order chi connectivity index (χ0) is 21.1. The number of carbonyl (C=O) groups excluding carboxylic acids is 1. The lowest BCUT2D eigenvalue weighted by atomic mass is 10.1. The Morgan fingerprint density at radius 2 is 1.80 bits per heavy atom. The number of benzene rings is 2. The minimum atomic E-state index is -3.80. The molecule has 0 aliphatic carbocycles. The van der Waals surface area contributed by atoms with E-state index in [4.69, 9.17) is 9.47 Å². The second kappa shape index (κ2) is 8.61. The molecule has 2 aromatic rings. The van der Waals surface area contributed by atoms with Gasteiger partial charge in [0.05, 0.1) is 4.90 Å². The molecule has 30 heavy (non-hydrogen) atoms. The predicted molar refractivity (Wildman–Crippen MR) is 107 cm³/mol. The van der Waals surface area contributed by atoms with Crippen molar-refractivity contribution in [3.05, 3.63) is 53.8 Å². The van der Waals surface area contributed by atoms with Crippen LogP contribution in [0.4, 0.5) is 4.39 Å². The highest BCUT2D eigenvalue weighted by Crippen LogP contribution is 2.34. The lowest BCUT2D eigenvalue weighted by Crippen LogP contribution is -2.48. The van der Waals surface area contributed by atoms with Gasteiger partial charge in [-0.05, 0) is 49.1 Å². The smallest absolute Gasteiger partial charge is 0.267 e. The predicted octanol–water partition coefficient (Wildman–Crippen LogP) is 2.46. The normalized spacial score (nSPS) is 18.8. The molecule has 1 saturated heterocycles.